The molecule has 0 aliphatic carbocycles. The number of hydrogen-bond acceptors (Lipinski definition) is 3. The summed E-state index contributed by atoms with van der Waals surface area (Å²) in [5, 5.41) is 0. The molecule has 18 heavy (non-hydrogen) atoms. The smallest absolute Gasteiger partial charge is 0.314 e. The minimum atomic E-state index is -0.347. The van der Waals surface area contributed by atoms with Crippen molar-refractivity contribution in [1.82, 2.24) is 0 Å². The van der Waals surface area contributed by atoms with Crippen molar-refractivity contribution in [3.8, 4) is 0 Å². The largest absolute Gasteiger partial charge is 0.465 e. The van der Waals surface area contributed by atoms with Crippen LogP contribution in [0.5, 0.6) is 0 Å². The van der Waals surface area contributed by atoms with Crippen molar-refractivity contribution < 1.29 is 9.53 Å². The molecule has 0 aliphatic heterocycles. The van der Waals surface area contributed by atoms with E-state index >= 15 is 0 Å². The van der Waals surface area contributed by atoms with Crippen LogP contribution in [0, 0.1) is 5.92 Å². The van der Waals surface area contributed by atoms with Gasteiger partial charge in [0.05, 0.1) is 12.5 Å². The van der Waals surface area contributed by atoms with Crippen LogP contribution in [-0.2, 0) is 9.53 Å². The van der Waals surface area contributed by atoms with E-state index in [1.165, 1.54) is 0 Å². The van der Waals surface area contributed by atoms with Gasteiger partial charge in [0.1, 0.15) is 0 Å². The number of esters is 1. The van der Waals surface area contributed by atoms with Crippen LogP contribution in [0.15, 0.2) is 30.3 Å². The van der Waals surface area contributed by atoms with E-state index in [-0.39, 0.29) is 18.4 Å². The normalized spacial score (nSPS) is 13.9. The van der Waals surface area contributed by atoms with E-state index in [1.54, 1.807) is 0 Å². The number of carbonyl (C=O) groups excluding carboxylic acids is 1. The summed E-state index contributed by atoms with van der Waals surface area (Å²) in [5.41, 5.74) is 6.59. The molecule has 1 aromatic carbocycles. The lowest BCUT2D eigenvalue weighted by Crippen LogP contribution is -2.25. The van der Waals surface area contributed by atoms with Crippen molar-refractivity contribution in [1.29, 1.82) is 0 Å². The van der Waals surface area contributed by atoms with Gasteiger partial charge in [0.25, 0.3) is 0 Å². The first-order valence-electron chi connectivity index (χ1n) is 6.60. The molecule has 0 fully saturated rings. The Labute approximate surface area is 109 Å². The Balaban J connectivity index is 2.53. The maximum Gasteiger partial charge on any atom is 0.314 e. The van der Waals surface area contributed by atoms with Gasteiger partial charge in [0.2, 0.25) is 0 Å². The molecule has 0 saturated heterocycles. The van der Waals surface area contributed by atoms with Crippen LogP contribution in [0.2, 0.25) is 0 Å². The topological polar surface area (TPSA) is 52.3 Å². The van der Waals surface area contributed by atoms with Crippen molar-refractivity contribution in [3.05, 3.63) is 35.9 Å². The third-order valence-corrected chi connectivity index (χ3v) is 3.01. The molecule has 3 nitrogen and oxygen atoms in total. The lowest BCUT2D eigenvalue weighted by Gasteiger charge is -2.16. The van der Waals surface area contributed by atoms with E-state index in [0.717, 1.165) is 18.4 Å². The minimum absolute atomic E-state index is 0.216. The number of hydrogen-bond donors (Lipinski definition) is 1. The van der Waals surface area contributed by atoms with Crippen LogP contribution in [-0.4, -0.2) is 19.1 Å². The Kier molecular flexibility index (Phi) is 6.44. The van der Waals surface area contributed by atoms with Crippen molar-refractivity contribution in [2.45, 2.75) is 32.6 Å². The van der Waals surface area contributed by atoms with Crippen LogP contribution in [0.25, 0.3) is 0 Å². The maximum absolute atomic E-state index is 12.0. The first-order valence-corrected chi connectivity index (χ1v) is 6.60. The lowest BCUT2D eigenvalue weighted by molar-refractivity contribution is -0.146. The number of rotatable bonds is 7. The fourth-order valence-corrected chi connectivity index (χ4v) is 1.95. The van der Waals surface area contributed by atoms with Gasteiger partial charge >= 0.3 is 5.97 Å². The second-order valence-corrected chi connectivity index (χ2v) is 4.72. The van der Waals surface area contributed by atoms with Crippen LogP contribution >= 0.6 is 0 Å². The minimum Gasteiger partial charge on any atom is -0.465 e. The van der Waals surface area contributed by atoms with E-state index in [0.29, 0.717) is 12.5 Å². The Bertz CT molecular complexity index is 351. The van der Waals surface area contributed by atoms with Gasteiger partial charge < -0.3 is 10.5 Å². The number of nitrogens with two attached hydrogens (primary N) is 1. The average molecular weight is 249 g/mol. The zero-order valence-corrected chi connectivity index (χ0v) is 11.3. The fraction of sp³-hybridized carbons (Fsp3) is 0.533. The molecular formula is C15H23NO2. The molecule has 0 bridgehead atoms. The summed E-state index contributed by atoms with van der Waals surface area (Å²) in [5.74, 6) is -0.153. The van der Waals surface area contributed by atoms with Gasteiger partial charge in [-0.3, -0.25) is 4.79 Å². The molecule has 0 spiro atoms. The van der Waals surface area contributed by atoms with E-state index in [9.17, 15) is 4.79 Å². The molecule has 0 heterocycles. The molecule has 100 valence electrons. The summed E-state index contributed by atoms with van der Waals surface area (Å²) < 4.78 is 5.34. The zero-order valence-electron chi connectivity index (χ0n) is 11.3. The molecule has 2 unspecified atom stereocenters. The fourth-order valence-electron chi connectivity index (χ4n) is 1.95. The SMILES string of the molecule is CCCC(C)COC(=O)C(CN)c1ccccc1. The van der Waals surface area contributed by atoms with Gasteiger partial charge in [0.15, 0.2) is 0 Å². The Morgan fingerprint density at radius 1 is 1.33 bits per heavy atom. The van der Waals surface area contributed by atoms with E-state index in [4.69, 9.17) is 10.5 Å². The van der Waals surface area contributed by atoms with Crippen LogP contribution in [0.1, 0.15) is 38.2 Å². The molecule has 2 N–H and O–H groups in total. The first-order chi connectivity index (χ1) is 8.69. The van der Waals surface area contributed by atoms with E-state index < -0.39 is 0 Å². The van der Waals surface area contributed by atoms with Gasteiger partial charge in [-0.1, -0.05) is 50.6 Å². The van der Waals surface area contributed by atoms with Crippen LogP contribution < -0.4 is 5.73 Å². The third-order valence-electron chi connectivity index (χ3n) is 3.01. The van der Waals surface area contributed by atoms with Crippen LogP contribution in [0.3, 0.4) is 0 Å². The summed E-state index contributed by atoms with van der Waals surface area (Å²) in [4.78, 5) is 12.0. The standard InChI is InChI=1S/C15H23NO2/c1-3-7-12(2)11-18-15(17)14(10-16)13-8-5-4-6-9-13/h4-6,8-9,12,14H,3,7,10-11,16H2,1-2H3. The molecular weight excluding hydrogens is 226 g/mol. The lowest BCUT2D eigenvalue weighted by atomic mass is 9.99. The van der Waals surface area contributed by atoms with Crippen molar-refractivity contribution in [2.24, 2.45) is 11.7 Å². The quantitative estimate of drug-likeness (QED) is 0.756. The summed E-state index contributed by atoms with van der Waals surface area (Å²) in [7, 11) is 0. The highest BCUT2D eigenvalue weighted by molar-refractivity contribution is 5.78. The highest BCUT2D eigenvalue weighted by atomic mass is 16.5. The number of ether oxygens (including phenoxy) is 1. The second-order valence-electron chi connectivity index (χ2n) is 4.72. The molecule has 0 saturated carbocycles. The van der Waals surface area contributed by atoms with Gasteiger partial charge in [-0.15, -0.1) is 0 Å². The molecule has 0 aromatic heterocycles. The van der Waals surface area contributed by atoms with E-state index in [1.807, 2.05) is 30.3 Å². The third kappa shape index (κ3) is 4.49. The molecule has 0 amide bonds. The average Bonchev–Trinajstić information content (AvgIpc) is 2.39. The molecule has 3 heteroatoms. The summed E-state index contributed by atoms with van der Waals surface area (Å²) >= 11 is 0. The summed E-state index contributed by atoms with van der Waals surface area (Å²) in [6.07, 6.45) is 2.18. The molecule has 0 aliphatic rings. The zero-order chi connectivity index (χ0) is 13.4. The van der Waals surface area contributed by atoms with Crippen LogP contribution in [0.4, 0.5) is 0 Å². The van der Waals surface area contributed by atoms with E-state index in [2.05, 4.69) is 13.8 Å². The van der Waals surface area contributed by atoms with Gasteiger partial charge in [0, 0.05) is 6.54 Å². The maximum atomic E-state index is 12.0. The summed E-state index contributed by atoms with van der Waals surface area (Å²) in [6.45, 7) is 4.99. The predicted octanol–water partition coefficient (Wildman–Crippen LogP) is 2.71. The van der Waals surface area contributed by atoms with Gasteiger partial charge in [-0.25, -0.2) is 0 Å². The van der Waals surface area contributed by atoms with Crippen molar-refractivity contribution >= 4 is 5.97 Å². The molecule has 1 rings (SSSR count). The molecule has 1 aromatic rings. The monoisotopic (exact) mass is 249 g/mol. The van der Waals surface area contributed by atoms with Gasteiger partial charge in [-0.2, -0.15) is 0 Å². The Hall–Kier alpha value is -1.35. The summed E-state index contributed by atoms with van der Waals surface area (Å²) in [6, 6.07) is 9.56. The number of benzene rings is 1. The Morgan fingerprint density at radius 2 is 2.00 bits per heavy atom. The Morgan fingerprint density at radius 3 is 2.56 bits per heavy atom. The highest BCUT2D eigenvalue weighted by Gasteiger charge is 2.20. The van der Waals surface area contributed by atoms with Gasteiger partial charge in [-0.05, 0) is 17.9 Å². The van der Waals surface area contributed by atoms with Crippen molar-refractivity contribution in [2.75, 3.05) is 13.2 Å². The second kappa shape index (κ2) is 7.88. The molecule has 2 atom stereocenters. The first kappa shape index (κ1) is 14.7. The highest BCUT2D eigenvalue weighted by Crippen LogP contribution is 2.16. The van der Waals surface area contributed by atoms with Crippen molar-refractivity contribution in [3.63, 3.8) is 0 Å². The molecule has 0 radical (unpaired) electrons. The predicted molar refractivity (Wildman–Crippen MR) is 73.3 cm³/mol. The number of carbonyl (C=O) groups is 1.